The summed E-state index contributed by atoms with van der Waals surface area (Å²) in [6.07, 6.45) is 13.6. The van der Waals surface area contributed by atoms with E-state index in [0.29, 0.717) is 0 Å². The van der Waals surface area contributed by atoms with E-state index in [-0.39, 0.29) is 11.1 Å². The molecule has 0 aliphatic heterocycles. The minimum absolute atomic E-state index is 0.0361. The van der Waals surface area contributed by atoms with Crippen LogP contribution in [0.3, 0.4) is 0 Å². The Hall–Kier alpha value is -0.263. The van der Waals surface area contributed by atoms with Gasteiger partial charge in [0.1, 0.15) is 6.10 Å². The van der Waals surface area contributed by atoms with Crippen LogP contribution >= 0.6 is 0 Å². The van der Waals surface area contributed by atoms with E-state index in [1.165, 1.54) is 32.1 Å². The molecule has 0 aromatic rings. The zero-order valence-electron chi connectivity index (χ0n) is 12.9. The number of hydrogen-bond donors (Lipinski definition) is 0. The number of terminal acetylenes is 1. The largest absolute Gasteiger partial charge is 0.403 e. The highest BCUT2D eigenvalue weighted by atomic mass is 28.4. The second-order valence-corrected chi connectivity index (χ2v) is 12.0. The Kier molecular flexibility index (Phi) is 5.49. The van der Waals surface area contributed by atoms with E-state index < -0.39 is 8.32 Å². The maximum Gasteiger partial charge on any atom is 0.193 e. The van der Waals surface area contributed by atoms with Gasteiger partial charge in [0.05, 0.1) is 0 Å². The van der Waals surface area contributed by atoms with Crippen molar-refractivity contribution in [2.45, 2.75) is 83.5 Å². The van der Waals surface area contributed by atoms with Crippen molar-refractivity contribution in [2.75, 3.05) is 0 Å². The van der Waals surface area contributed by atoms with Crippen LogP contribution in [-0.2, 0) is 4.43 Å². The molecule has 0 bridgehead atoms. The van der Waals surface area contributed by atoms with E-state index in [1.807, 2.05) is 0 Å². The van der Waals surface area contributed by atoms with Crippen molar-refractivity contribution in [3.63, 3.8) is 0 Å². The highest BCUT2D eigenvalue weighted by Gasteiger charge is 2.39. The van der Waals surface area contributed by atoms with Crippen molar-refractivity contribution in [1.82, 2.24) is 0 Å². The molecule has 1 atom stereocenters. The van der Waals surface area contributed by atoms with E-state index >= 15 is 0 Å². The van der Waals surface area contributed by atoms with Crippen LogP contribution in [0.1, 0.15) is 59.3 Å². The molecule has 1 unspecified atom stereocenters. The molecular formula is C16H30OSi. The first-order chi connectivity index (χ1) is 8.26. The lowest BCUT2D eigenvalue weighted by Gasteiger charge is -2.39. The van der Waals surface area contributed by atoms with E-state index in [2.05, 4.69) is 39.8 Å². The van der Waals surface area contributed by atoms with Crippen molar-refractivity contribution >= 4 is 8.32 Å². The molecule has 1 rings (SSSR count). The summed E-state index contributed by atoms with van der Waals surface area (Å²) in [5.74, 6) is 3.69. The maximum atomic E-state index is 6.36. The molecule has 1 aliphatic carbocycles. The first kappa shape index (κ1) is 15.8. The Morgan fingerprint density at radius 3 is 2.22 bits per heavy atom. The zero-order chi connectivity index (χ0) is 13.8. The second kappa shape index (κ2) is 6.26. The summed E-state index contributed by atoms with van der Waals surface area (Å²) in [6.45, 7) is 11.4. The monoisotopic (exact) mass is 266 g/mol. The van der Waals surface area contributed by atoms with Gasteiger partial charge in [0.2, 0.25) is 0 Å². The zero-order valence-corrected chi connectivity index (χ0v) is 13.9. The molecule has 0 aromatic heterocycles. The Bertz CT molecular complexity index is 289. The molecular weight excluding hydrogens is 236 g/mol. The Balaban J connectivity index is 2.54. The highest BCUT2D eigenvalue weighted by molar-refractivity contribution is 6.74. The van der Waals surface area contributed by atoms with Gasteiger partial charge in [0.25, 0.3) is 0 Å². The van der Waals surface area contributed by atoms with E-state index in [4.69, 9.17) is 10.8 Å². The van der Waals surface area contributed by atoms with Crippen LogP contribution in [0.25, 0.3) is 0 Å². The minimum atomic E-state index is -1.72. The Morgan fingerprint density at radius 1 is 1.22 bits per heavy atom. The molecule has 104 valence electrons. The average molecular weight is 267 g/mol. The van der Waals surface area contributed by atoms with Crippen LogP contribution in [0, 0.1) is 18.3 Å². The fourth-order valence-electron chi connectivity index (χ4n) is 2.41. The van der Waals surface area contributed by atoms with Crippen LogP contribution in [0.15, 0.2) is 0 Å². The van der Waals surface area contributed by atoms with Gasteiger partial charge in [0.15, 0.2) is 8.32 Å². The molecule has 18 heavy (non-hydrogen) atoms. The third-order valence-corrected chi connectivity index (χ3v) is 9.19. The summed E-state index contributed by atoms with van der Waals surface area (Å²) >= 11 is 0. The molecule has 0 spiro atoms. The van der Waals surface area contributed by atoms with Crippen LogP contribution in [0.4, 0.5) is 0 Å². The Morgan fingerprint density at radius 2 is 1.78 bits per heavy atom. The SMILES string of the molecule is C#CC(CC1CCCCC1)O[Si](C)(C)C(C)(C)C. The van der Waals surface area contributed by atoms with Crippen molar-refractivity contribution in [1.29, 1.82) is 0 Å². The fourth-order valence-corrected chi connectivity index (χ4v) is 3.64. The van der Waals surface area contributed by atoms with Gasteiger partial charge in [-0.2, -0.15) is 0 Å². The molecule has 1 fully saturated rings. The topological polar surface area (TPSA) is 9.23 Å². The van der Waals surface area contributed by atoms with Gasteiger partial charge < -0.3 is 4.43 Å². The predicted octanol–water partition coefficient (Wildman–Crippen LogP) is 4.98. The van der Waals surface area contributed by atoms with Gasteiger partial charge in [-0.15, -0.1) is 6.42 Å². The van der Waals surface area contributed by atoms with Gasteiger partial charge >= 0.3 is 0 Å². The molecule has 1 saturated carbocycles. The van der Waals surface area contributed by atoms with Crippen molar-refractivity contribution < 1.29 is 4.43 Å². The molecule has 1 aliphatic rings. The molecule has 0 amide bonds. The standard InChI is InChI=1S/C16H30OSi/c1-7-15(13-14-11-9-8-10-12-14)17-18(5,6)16(2,3)4/h1,14-15H,8-13H2,2-6H3. The molecule has 0 aromatic carbocycles. The highest BCUT2D eigenvalue weighted by Crippen LogP contribution is 2.38. The smallest absolute Gasteiger partial charge is 0.193 e. The molecule has 0 radical (unpaired) electrons. The van der Waals surface area contributed by atoms with Gasteiger partial charge in [-0.25, -0.2) is 0 Å². The van der Waals surface area contributed by atoms with Gasteiger partial charge in [-0.1, -0.05) is 58.8 Å². The lowest BCUT2D eigenvalue weighted by molar-refractivity contribution is 0.182. The quantitative estimate of drug-likeness (QED) is 0.515. The van der Waals surface area contributed by atoms with Crippen molar-refractivity contribution in [2.24, 2.45) is 5.92 Å². The lowest BCUT2D eigenvalue weighted by atomic mass is 9.85. The van der Waals surface area contributed by atoms with Crippen LogP contribution < -0.4 is 0 Å². The van der Waals surface area contributed by atoms with Crippen LogP contribution in [0.5, 0.6) is 0 Å². The lowest BCUT2D eigenvalue weighted by Crippen LogP contribution is -2.44. The summed E-state index contributed by atoms with van der Waals surface area (Å²) < 4.78 is 6.36. The van der Waals surface area contributed by atoms with Crippen LogP contribution in [0.2, 0.25) is 18.1 Å². The van der Waals surface area contributed by atoms with Gasteiger partial charge in [-0.3, -0.25) is 0 Å². The summed E-state index contributed by atoms with van der Waals surface area (Å²) in [7, 11) is -1.72. The van der Waals surface area contributed by atoms with Gasteiger partial charge in [0, 0.05) is 0 Å². The summed E-state index contributed by atoms with van der Waals surface area (Å²) in [5.41, 5.74) is 0. The predicted molar refractivity (Wildman–Crippen MR) is 82.1 cm³/mol. The molecule has 0 heterocycles. The summed E-state index contributed by atoms with van der Waals surface area (Å²) in [6, 6.07) is 0. The first-order valence-corrected chi connectivity index (χ1v) is 10.3. The molecule has 0 N–H and O–H groups in total. The van der Waals surface area contributed by atoms with Crippen LogP contribution in [-0.4, -0.2) is 14.4 Å². The second-order valence-electron chi connectivity index (χ2n) is 7.27. The van der Waals surface area contributed by atoms with E-state index in [1.54, 1.807) is 0 Å². The maximum absolute atomic E-state index is 6.36. The Labute approximate surface area is 115 Å². The van der Waals surface area contributed by atoms with E-state index in [0.717, 1.165) is 12.3 Å². The fraction of sp³-hybridized carbons (Fsp3) is 0.875. The molecule has 1 nitrogen and oxygen atoms in total. The third kappa shape index (κ3) is 4.44. The first-order valence-electron chi connectivity index (χ1n) is 7.40. The van der Waals surface area contributed by atoms with E-state index in [9.17, 15) is 0 Å². The molecule has 2 heteroatoms. The van der Waals surface area contributed by atoms with Crippen molar-refractivity contribution in [3.05, 3.63) is 0 Å². The van der Waals surface area contributed by atoms with Gasteiger partial charge in [-0.05, 0) is 30.5 Å². The number of rotatable bonds is 4. The normalized spacial score (nSPS) is 20.4. The minimum Gasteiger partial charge on any atom is -0.403 e. The number of hydrogen-bond acceptors (Lipinski definition) is 1. The summed E-state index contributed by atoms with van der Waals surface area (Å²) in [5, 5.41) is 0.245. The van der Waals surface area contributed by atoms with Crippen molar-refractivity contribution in [3.8, 4) is 12.3 Å². The summed E-state index contributed by atoms with van der Waals surface area (Å²) in [4.78, 5) is 0. The average Bonchev–Trinajstić information content (AvgIpc) is 2.27. The third-order valence-electron chi connectivity index (χ3n) is 4.70. The molecule has 0 saturated heterocycles.